The summed E-state index contributed by atoms with van der Waals surface area (Å²) in [4.78, 5) is 12.6. The molecule has 1 aromatic heterocycles. The number of aryl methyl sites for hydroxylation is 1. The van der Waals surface area contributed by atoms with E-state index in [4.69, 9.17) is 10.2 Å². The van der Waals surface area contributed by atoms with E-state index in [2.05, 4.69) is 5.32 Å². The molecular formula is C19H26ClN3O4S. The van der Waals surface area contributed by atoms with Crippen LogP contribution < -0.4 is 11.1 Å². The molecule has 154 valence electrons. The van der Waals surface area contributed by atoms with Crippen molar-refractivity contribution >= 4 is 34.0 Å². The summed E-state index contributed by atoms with van der Waals surface area (Å²) >= 11 is 0. The molecule has 9 heteroatoms. The molecule has 1 aliphatic heterocycles. The van der Waals surface area contributed by atoms with Crippen LogP contribution in [0, 0.1) is 6.92 Å². The summed E-state index contributed by atoms with van der Waals surface area (Å²) in [5.74, 6) is 0.133. The van der Waals surface area contributed by atoms with Crippen molar-refractivity contribution < 1.29 is 17.6 Å². The summed E-state index contributed by atoms with van der Waals surface area (Å²) in [7, 11) is -3.59. The predicted octanol–water partition coefficient (Wildman–Crippen LogP) is 3.29. The lowest BCUT2D eigenvalue weighted by molar-refractivity contribution is 0.102. The first kappa shape index (κ1) is 22.4. The number of carbonyl (C=O) groups excluding carboxylic acids is 1. The average molecular weight is 428 g/mol. The first-order valence-electron chi connectivity index (χ1n) is 9.11. The minimum atomic E-state index is -3.59. The first-order chi connectivity index (χ1) is 12.9. The maximum atomic E-state index is 13.1. The highest BCUT2D eigenvalue weighted by molar-refractivity contribution is 7.89. The number of halogens is 1. The molecule has 3 N–H and O–H groups in total. The fourth-order valence-corrected chi connectivity index (χ4v) is 4.95. The van der Waals surface area contributed by atoms with Crippen LogP contribution in [0.1, 0.15) is 47.4 Å². The Bertz CT molecular complexity index is 919. The van der Waals surface area contributed by atoms with Gasteiger partial charge in [-0.05, 0) is 43.5 Å². The molecule has 7 nitrogen and oxygen atoms in total. The Balaban J connectivity index is 0.00000280. The Morgan fingerprint density at radius 2 is 1.86 bits per heavy atom. The van der Waals surface area contributed by atoms with E-state index >= 15 is 0 Å². The minimum absolute atomic E-state index is 0. The Hall–Kier alpha value is -1.87. The number of hydrogen-bond donors (Lipinski definition) is 2. The predicted molar refractivity (Wildman–Crippen MR) is 110 cm³/mol. The Morgan fingerprint density at radius 3 is 2.46 bits per heavy atom. The van der Waals surface area contributed by atoms with Crippen molar-refractivity contribution in [3.8, 4) is 0 Å². The highest BCUT2D eigenvalue weighted by atomic mass is 35.5. The van der Waals surface area contributed by atoms with Crippen LogP contribution in [0.3, 0.4) is 0 Å². The number of hydrogen-bond acceptors (Lipinski definition) is 5. The fraction of sp³-hybridized carbons (Fsp3) is 0.421. The van der Waals surface area contributed by atoms with Gasteiger partial charge >= 0.3 is 0 Å². The number of amides is 1. The third-order valence-corrected chi connectivity index (χ3v) is 6.79. The third kappa shape index (κ3) is 4.94. The summed E-state index contributed by atoms with van der Waals surface area (Å²) in [5, 5.41) is 2.73. The maximum absolute atomic E-state index is 13.1. The van der Waals surface area contributed by atoms with Crippen molar-refractivity contribution in [3.05, 3.63) is 47.4 Å². The molecular weight excluding hydrogens is 402 g/mol. The van der Waals surface area contributed by atoms with Gasteiger partial charge in [0.25, 0.3) is 5.91 Å². The lowest BCUT2D eigenvalue weighted by Crippen LogP contribution is -2.32. The van der Waals surface area contributed by atoms with Crippen molar-refractivity contribution in [1.29, 1.82) is 0 Å². The van der Waals surface area contributed by atoms with Crippen molar-refractivity contribution in [2.45, 2.75) is 44.0 Å². The number of carbonyl (C=O) groups is 1. The van der Waals surface area contributed by atoms with Crippen molar-refractivity contribution in [2.24, 2.45) is 5.73 Å². The van der Waals surface area contributed by atoms with Gasteiger partial charge in [0.2, 0.25) is 10.0 Å². The summed E-state index contributed by atoms with van der Waals surface area (Å²) in [6, 6.07) is 6.50. The zero-order valence-corrected chi connectivity index (χ0v) is 17.4. The van der Waals surface area contributed by atoms with E-state index < -0.39 is 10.0 Å². The van der Waals surface area contributed by atoms with Gasteiger partial charge < -0.3 is 15.5 Å². The molecule has 0 aliphatic carbocycles. The molecule has 1 saturated heterocycles. The number of rotatable bonds is 5. The molecule has 0 saturated carbocycles. The topological polar surface area (TPSA) is 106 Å². The number of anilines is 1. The summed E-state index contributed by atoms with van der Waals surface area (Å²) in [6.45, 7) is 3.04. The van der Waals surface area contributed by atoms with Gasteiger partial charge in [-0.25, -0.2) is 8.42 Å². The van der Waals surface area contributed by atoms with E-state index in [-0.39, 0.29) is 29.8 Å². The van der Waals surface area contributed by atoms with Crippen molar-refractivity contribution in [2.75, 3.05) is 18.4 Å². The second-order valence-electron chi connectivity index (χ2n) is 6.76. The highest BCUT2D eigenvalue weighted by Crippen LogP contribution is 2.26. The van der Waals surface area contributed by atoms with Gasteiger partial charge in [0.05, 0.1) is 17.0 Å². The summed E-state index contributed by atoms with van der Waals surface area (Å²) < 4.78 is 32.9. The number of benzene rings is 1. The second kappa shape index (κ2) is 9.56. The fourth-order valence-electron chi connectivity index (χ4n) is 3.19. The maximum Gasteiger partial charge on any atom is 0.258 e. The smallest absolute Gasteiger partial charge is 0.258 e. The van der Waals surface area contributed by atoms with Crippen LogP contribution in [0.25, 0.3) is 0 Å². The van der Waals surface area contributed by atoms with Crippen LogP contribution >= 0.6 is 12.4 Å². The first-order valence-corrected chi connectivity index (χ1v) is 10.6. The Morgan fingerprint density at radius 1 is 1.18 bits per heavy atom. The van der Waals surface area contributed by atoms with Gasteiger partial charge in [-0.3, -0.25) is 4.79 Å². The number of nitrogens with two attached hydrogens (primary N) is 1. The third-order valence-electron chi connectivity index (χ3n) is 4.75. The molecule has 2 heterocycles. The molecule has 0 bridgehead atoms. The summed E-state index contributed by atoms with van der Waals surface area (Å²) in [6.07, 6.45) is 5.19. The SMILES string of the molecule is Cc1ccc(NC(=O)c2coc(CN)c2)cc1S(=O)(=O)N1CCCCCC1.Cl. The van der Waals surface area contributed by atoms with Crippen LogP contribution in [0.2, 0.25) is 0 Å². The van der Waals surface area contributed by atoms with E-state index in [1.54, 1.807) is 29.4 Å². The molecule has 2 aromatic rings. The Kier molecular flexibility index (Phi) is 7.65. The normalized spacial score (nSPS) is 15.5. The number of nitrogens with zero attached hydrogens (tertiary/aromatic N) is 1. The lowest BCUT2D eigenvalue weighted by atomic mass is 10.2. The van der Waals surface area contributed by atoms with Gasteiger partial charge in [-0.1, -0.05) is 18.9 Å². The van der Waals surface area contributed by atoms with E-state index in [9.17, 15) is 13.2 Å². The van der Waals surface area contributed by atoms with Gasteiger partial charge in [0.1, 0.15) is 12.0 Å². The molecule has 28 heavy (non-hydrogen) atoms. The van der Waals surface area contributed by atoms with Gasteiger partial charge in [-0.2, -0.15) is 4.31 Å². The van der Waals surface area contributed by atoms with Crippen molar-refractivity contribution in [1.82, 2.24) is 4.31 Å². The number of sulfonamides is 1. The van der Waals surface area contributed by atoms with Crippen molar-refractivity contribution in [3.63, 3.8) is 0 Å². The molecule has 0 unspecified atom stereocenters. The molecule has 1 aliphatic rings. The minimum Gasteiger partial charge on any atom is -0.467 e. The number of furan rings is 1. The standard InChI is InChI=1S/C19H25N3O4S.ClH/c1-14-6-7-16(21-19(23)15-10-17(12-20)26-13-15)11-18(14)27(24,25)22-8-4-2-3-5-9-22;/h6-7,10-11,13H,2-5,8-9,12,20H2,1H3,(H,21,23);1H. The molecule has 1 aromatic carbocycles. The van der Waals surface area contributed by atoms with Crippen LogP contribution in [-0.2, 0) is 16.6 Å². The summed E-state index contributed by atoms with van der Waals surface area (Å²) in [5.41, 5.74) is 6.91. The van der Waals surface area contributed by atoms with Crippen LogP contribution in [0.5, 0.6) is 0 Å². The molecule has 1 fully saturated rings. The van der Waals surface area contributed by atoms with E-state index in [1.165, 1.54) is 12.3 Å². The average Bonchev–Trinajstić information content (AvgIpc) is 2.96. The van der Waals surface area contributed by atoms with E-state index in [0.29, 0.717) is 35.7 Å². The van der Waals surface area contributed by atoms with Crippen LogP contribution in [0.4, 0.5) is 5.69 Å². The van der Waals surface area contributed by atoms with E-state index in [0.717, 1.165) is 25.7 Å². The van der Waals surface area contributed by atoms with Gasteiger partial charge in [0.15, 0.2) is 0 Å². The molecule has 1 amide bonds. The largest absolute Gasteiger partial charge is 0.467 e. The molecule has 0 atom stereocenters. The molecule has 3 rings (SSSR count). The lowest BCUT2D eigenvalue weighted by Gasteiger charge is -2.21. The zero-order chi connectivity index (χ0) is 19.4. The molecule has 0 radical (unpaired) electrons. The van der Waals surface area contributed by atoms with E-state index in [1.807, 2.05) is 0 Å². The number of nitrogens with one attached hydrogen (secondary N) is 1. The van der Waals surface area contributed by atoms with Gasteiger partial charge in [0, 0.05) is 18.8 Å². The quantitative estimate of drug-likeness (QED) is 0.761. The zero-order valence-electron chi connectivity index (χ0n) is 15.8. The highest BCUT2D eigenvalue weighted by Gasteiger charge is 2.27. The van der Waals surface area contributed by atoms with Crippen LogP contribution in [-0.4, -0.2) is 31.7 Å². The second-order valence-corrected chi connectivity index (χ2v) is 8.66. The molecule has 0 spiro atoms. The monoisotopic (exact) mass is 427 g/mol. The van der Waals surface area contributed by atoms with Crippen LogP contribution in [0.15, 0.2) is 39.8 Å². The van der Waals surface area contributed by atoms with Gasteiger partial charge in [-0.15, -0.1) is 12.4 Å². The Labute approximate surface area is 171 Å².